The lowest BCUT2D eigenvalue weighted by Crippen LogP contribution is -2.56. The molecule has 1 aliphatic rings. The van der Waals surface area contributed by atoms with Gasteiger partial charge in [0.1, 0.15) is 17.7 Å². The second-order valence-corrected chi connectivity index (χ2v) is 12.6. The second-order valence-electron chi connectivity index (χ2n) is 10.4. The van der Waals surface area contributed by atoms with E-state index in [0.717, 1.165) is 12.8 Å². The molecule has 0 radical (unpaired) electrons. The molecule has 0 aromatic carbocycles. The highest BCUT2D eigenvalue weighted by molar-refractivity contribution is 7.99. The Labute approximate surface area is 235 Å². The van der Waals surface area contributed by atoms with Crippen molar-refractivity contribution in [2.75, 3.05) is 29.6 Å². The van der Waals surface area contributed by atoms with Crippen LogP contribution in [0.25, 0.3) is 0 Å². The molecule has 0 spiro atoms. The summed E-state index contributed by atoms with van der Waals surface area (Å²) in [6, 6.07) is -2.42. The average Bonchev–Trinajstić information content (AvgIpc) is 2.82. The van der Waals surface area contributed by atoms with Gasteiger partial charge in [-0.15, -0.1) is 0 Å². The van der Waals surface area contributed by atoms with Crippen molar-refractivity contribution in [3.8, 4) is 0 Å². The zero-order chi connectivity index (χ0) is 28.7. The van der Waals surface area contributed by atoms with Gasteiger partial charge in [0.05, 0.1) is 12.1 Å². The quantitative estimate of drug-likeness (QED) is 0.219. The Hall–Kier alpha value is -1.92. The van der Waals surface area contributed by atoms with E-state index in [0.29, 0.717) is 29.6 Å². The van der Waals surface area contributed by atoms with Gasteiger partial charge in [-0.05, 0) is 40.5 Å². The number of alkyl carbamates (subject to hydrolysis) is 1. The fourth-order valence-electron chi connectivity index (χ4n) is 3.42. The van der Waals surface area contributed by atoms with Crippen LogP contribution in [0.2, 0.25) is 0 Å². The molecule has 5 atom stereocenters. The Morgan fingerprint density at radius 2 is 1.76 bits per heavy atom. The fraction of sp³-hybridized carbons (Fsp3) is 0.769. The second kappa shape index (κ2) is 17.6. The number of aliphatic hydroxyl groups excluding tert-OH is 1. The van der Waals surface area contributed by atoms with Crippen molar-refractivity contribution < 1.29 is 29.0 Å². The molecule has 0 aliphatic carbocycles. The molecular formula is C26H46N4O6S2. The van der Waals surface area contributed by atoms with Crippen LogP contribution in [-0.2, 0) is 19.1 Å². The molecule has 0 aromatic rings. The fourth-order valence-corrected chi connectivity index (χ4v) is 5.26. The van der Waals surface area contributed by atoms with E-state index >= 15 is 0 Å². The SMILES string of the molecule is CCCCNC(=O)[C@H](C)C[C@H](O)[C@@H]1CSC/C=C\CSC[C@H](NC(=O)OC(C)(C)C)C(=O)N[C@@H](C)C(=O)N1. The van der Waals surface area contributed by atoms with Crippen molar-refractivity contribution in [2.45, 2.75) is 90.6 Å². The molecular weight excluding hydrogens is 528 g/mol. The Bertz CT molecular complexity index is 805. The minimum absolute atomic E-state index is 0.127. The van der Waals surface area contributed by atoms with Crippen LogP contribution in [0, 0.1) is 5.92 Å². The summed E-state index contributed by atoms with van der Waals surface area (Å²) < 4.78 is 5.29. The van der Waals surface area contributed by atoms with Crippen LogP contribution in [0.3, 0.4) is 0 Å². The number of carbonyl (C=O) groups is 4. The van der Waals surface area contributed by atoms with Crippen molar-refractivity contribution >= 4 is 47.3 Å². The summed E-state index contributed by atoms with van der Waals surface area (Å²) in [4.78, 5) is 50.6. The molecule has 0 fully saturated rings. The van der Waals surface area contributed by atoms with Crippen molar-refractivity contribution in [2.24, 2.45) is 5.92 Å². The van der Waals surface area contributed by atoms with Crippen LogP contribution in [-0.4, -0.2) is 88.3 Å². The summed E-state index contributed by atoms with van der Waals surface area (Å²) in [6.45, 7) is 11.1. The van der Waals surface area contributed by atoms with Gasteiger partial charge in [-0.3, -0.25) is 14.4 Å². The molecule has 12 heteroatoms. The molecule has 1 aliphatic heterocycles. The van der Waals surface area contributed by atoms with Gasteiger partial charge in [0.15, 0.2) is 0 Å². The Morgan fingerprint density at radius 3 is 2.37 bits per heavy atom. The smallest absolute Gasteiger partial charge is 0.408 e. The number of aliphatic hydroxyl groups is 1. The van der Waals surface area contributed by atoms with E-state index < -0.39 is 53.7 Å². The Kier molecular flexibility index (Phi) is 15.8. The highest BCUT2D eigenvalue weighted by atomic mass is 32.2. The van der Waals surface area contributed by atoms with Crippen LogP contribution in [0.1, 0.15) is 60.8 Å². The molecule has 10 nitrogen and oxygen atoms in total. The summed E-state index contributed by atoms with van der Waals surface area (Å²) in [5.74, 6) is 0.551. The number of unbranched alkanes of at least 4 members (excludes halogenated alkanes) is 1. The average molecular weight is 575 g/mol. The summed E-state index contributed by atoms with van der Waals surface area (Å²) in [6.07, 6.45) is 4.37. The van der Waals surface area contributed by atoms with Crippen LogP contribution in [0.5, 0.6) is 0 Å². The minimum atomic E-state index is -0.946. The van der Waals surface area contributed by atoms with Crippen LogP contribution < -0.4 is 21.3 Å². The number of hydrogen-bond acceptors (Lipinski definition) is 8. The number of ether oxygens (including phenoxy) is 1. The van der Waals surface area contributed by atoms with Gasteiger partial charge in [0, 0.05) is 35.5 Å². The first-order valence-electron chi connectivity index (χ1n) is 13.2. The number of amides is 4. The van der Waals surface area contributed by atoms with Crippen LogP contribution in [0.4, 0.5) is 4.79 Å². The first kappa shape index (κ1) is 34.1. The summed E-state index contributed by atoms with van der Waals surface area (Å²) in [5, 5.41) is 21.9. The maximum atomic E-state index is 13.0. The largest absolute Gasteiger partial charge is 0.444 e. The standard InChI is InChI=1S/C26H46N4O6S2/c1-7-8-11-27-22(32)17(2)14-21(31)19-15-37-12-9-10-13-38-16-20(30-25(35)36-26(4,5)6)24(34)28-18(3)23(33)29-19/h9-10,17-21,31H,7-8,11-16H2,1-6H3,(H,27,32)(H,28,34)(H,29,33)(H,30,35)/b10-9-/t17-,18+,19+,20+,21+/m1/s1. The summed E-state index contributed by atoms with van der Waals surface area (Å²) in [5.41, 5.74) is -0.718. The van der Waals surface area contributed by atoms with Gasteiger partial charge in [0.2, 0.25) is 17.7 Å². The first-order chi connectivity index (χ1) is 17.8. The number of thioether (sulfide) groups is 2. The zero-order valence-corrected chi connectivity index (χ0v) is 25.1. The van der Waals surface area contributed by atoms with Crippen molar-refractivity contribution in [3.63, 3.8) is 0 Å². The Balaban J connectivity index is 2.90. The van der Waals surface area contributed by atoms with E-state index in [4.69, 9.17) is 4.74 Å². The zero-order valence-electron chi connectivity index (χ0n) is 23.5. The molecule has 0 saturated carbocycles. The molecule has 5 N–H and O–H groups in total. The number of carbonyl (C=O) groups excluding carboxylic acids is 4. The number of nitrogens with one attached hydrogen (secondary N) is 4. The molecule has 38 heavy (non-hydrogen) atoms. The van der Waals surface area contributed by atoms with Crippen molar-refractivity contribution in [3.05, 3.63) is 12.2 Å². The van der Waals surface area contributed by atoms with Gasteiger partial charge in [-0.1, -0.05) is 32.4 Å². The third kappa shape index (κ3) is 14.3. The van der Waals surface area contributed by atoms with Gasteiger partial charge < -0.3 is 31.1 Å². The minimum Gasteiger partial charge on any atom is -0.444 e. The molecule has 1 heterocycles. The third-order valence-electron chi connectivity index (χ3n) is 5.60. The molecule has 0 unspecified atom stereocenters. The molecule has 218 valence electrons. The molecule has 1 rings (SSSR count). The molecule has 0 aromatic heterocycles. The van der Waals surface area contributed by atoms with E-state index in [2.05, 4.69) is 21.3 Å². The maximum Gasteiger partial charge on any atom is 0.408 e. The van der Waals surface area contributed by atoms with Crippen molar-refractivity contribution in [1.29, 1.82) is 0 Å². The van der Waals surface area contributed by atoms with E-state index in [9.17, 15) is 24.3 Å². The first-order valence-corrected chi connectivity index (χ1v) is 15.5. The van der Waals surface area contributed by atoms with Gasteiger partial charge in [0.25, 0.3) is 0 Å². The lowest BCUT2D eigenvalue weighted by atomic mass is 9.98. The molecule has 4 amide bonds. The summed E-state index contributed by atoms with van der Waals surface area (Å²) in [7, 11) is 0. The predicted molar refractivity (Wildman–Crippen MR) is 154 cm³/mol. The third-order valence-corrected chi connectivity index (χ3v) is 7.62. The summed E-state index contributed by atoms with van der Waals surface area (Å²) >= 11 is 3.03. The van der Waals surface area contributed by atoms with Gasteiger partial charge in [-0.25, -0.2) is 4.79 Å². The van der Waals surface area contributed by atoms with Gasteiger partial charge in [-0.2, -0.15) is 23.5 Å². The monoisotopic (exact) mass is 574 g/mol. The van der Waals surface area contributed by atoms with Crippen LogP contribution in [0.15, 0.2) is 12.2 Å². The molecule has 0 saturated heterocycles. The molecule has 0 bridgehead atoms. The van der Waals surface area contributed by atoms with E-state index in [-0.39, 0.29) is 12.3 Å². The number of hydrogen-bond donors (Lipinski definition) is 5. The normalized spacial score (nSPS) is 24.4. The van der Waals surface area contributed by atoms with E-state index in [1.54, 1.807) is 46.4 Å². The maximum absolute atomic E-state index is 13.0. The predicted octanol–water partition coefficient (Wildman–Crippen LogP) is 2.21. The highest BCUT2D eigenvalue weighted by Gasteiger charge is 2.30. The lowest BCUT2D eigenvalue weighted by molar-refractivity contribution is -0.130. The van der Waals surface area contributed by atoms with Crippen LogP contribution >= 0.6 is 23.5 Å². The topological polar surface area (TPSA) is 146 Å². The lowest BCUT2D eigenvalue weighted by Gasteiger charge is -2.28. The number of rotatable bonds is 8. The Morgan fingerprint density at radius 1 is 1.13 bits per heavy atom. The van der Waals surface area contributed by atoms with E-state index in [1.807, 2.05) is 19.1 Å². The van der Waals surface area contributed by atoms with E-state index in [1.165, 1.54) is 11.8 Å². The highest BCUT2D eigenvalue weighted by Crippen LogP contribution is 2.15. The van der Waals surface area contributed by atoms with Gasteiger partial charge >= 0.3 is 6.09 Å². The van der Waals surface area contributed by atoms with Crippen molar-refractivity contribution in [1.82, 2.24) is 21.3 Å².